The normalized spacial score (nSPS) is 37.8. The molecule has 2 heteroatoms. The molecule has 15 heavy (non-hydrogen) atoms. The highest BCUT2D eigenvalue weighted by molar-refractivity contribution is 9.10. The lowest BCUT2D eigenvalue weighted by Gasteiger charge is -2.18. The number of hydrogen-bond acceptors (Lipinski definition) is 1. The Balaban J connectivity index is 2.00. The third kappa shape index (κ3) is 1.24. The van der Waals surface area contributed by atoms with Gasteiger partial charge in [-0.15, -0.1) is 0 Å². The first-order chi connectivity index (χ1) is 7.14. The molecule has 0 aliphatic heterocycles. The molecule has 0 radical (unpaired) electrons. The Morgan fingerprint density at radius 2 is 2.00 bits per heavy atom. The van der Waals surface area contributed by atoms with Crippen LogP contribution in [0.1, 0.15) is 30.4 Å². The first-order valence-electron chi connectivity index (χ1n) is 5.69. The molecule has 1 nitrogen and oxygen atoms in total. The standard InChI is InChI=1S/C13H16BrN/c1-8-7-9(14)5-6-10(8)13(15)11-3-2-4-12(11)13/h5-7,11-12H,2-4,15H2,1H3. The Hall–Kier alpha value is -0.340. The molecule has 0 aromatic heterocycles. The minimum absolute atomic E-state index is 0.0169. The molecule has 3 rings (SSSR count). The molecular weight excluding hydrogens is 250 g/mol. The molecule has 2 unspecified atom stereocenters. The molecular formula is C13H16BrN. The molecule has 0 saturated heterocycles. The van der Waals surface area contributed by atoms with Crippen molar-refractivity contribution in [3.05, 3.63) is 33.8 Å². The van der Waals surface area contributed by atoms with Gasteiger partial charge in [-0.25, -0.2) is 0 Å². The van der Waals surface area contributed by atoms with Crippen molar-refractivity contribution in [2.24, 2.45) is 17.6 Å². The summed E-state index contributed by atoms with van der Waals surface area (Å²) in [5, 5.41) is 0. The SMILES string of the molecule is Cc1cc(Br)ccc1C1(N)C2CCCC21. The average molecular weight is 266 g/mol. The molecule has 2 aliphatic carbocycles. The molecule has 0 amide bonds. The van der Waals surface area contributed by atoms with Gasteiger partial charge in [-0.1, -0.05) is 28.4 Å². The quantitative estimate of drug-likeness (QED) is 0.828. The van der Waals surface area contributed by atoms with Gasteiger partial charge in [0.1, 0.15) is 0 Å². The van der Waals surface area contributed by atoms with Crippen LogP contribution in [-0.2, 0) is 5.54 Å². The van der Waals surface area contributed by atoms with Crippen LogP contribution in [0.2, 0.25) is 0 Å². The van der Waals surface area contributed by atoms with Gasteiger partial charge >= 0.3 is 0 Å². The van der Waals surface area contributed by atoms with E-state index in [0.29, 0.717) is 0 Å². The van der Waals surface area contributed by atoms with Crippen LogP contribution in [0.25, 0.3) is 0 Å². The minimum Gasteiger partial charge on any atom is -0.321 e. The maximum atomic E-state index is 6.55. The number of aryl methyl sites for hydroxylation is 1. The second kappa shape index (κ2) is 3.08. The highest BCUT2D eigenvalue weighted by Gasteiger charge is 2.64. The van der Waals surface area contributed by atoms with Gasteiger partial charge in [0.15, 0.2) is 0 Å². The zero-order valence-electron chi connectivity index (χ0n) is 8.96. The molecule has 2 atom stereocenters. The van der Waals surface area contributed by atoms with E-state index in [1.54, 1.807) is 0 Å². The predicted octanol–water partition coefficient (Wildman–Crippen LogP) is 3.34. The minimum atomic E-state index is 0.0169. The zero-order valence-corrected chi connectivity index (χ0v) is 10.5. The Morgan fingerprint density at radius 3 is 2.60 bits per heavy atom. The van der Waals surface area contributed by atoms with Crippen molar-refractivity contribution in [2.45, 2.75) is 31.7 Å². The second-order valence-electron chi connectivity index (χ2n) is 5.04. The maximum absolute atomic E-state index is 6.55. The van der Waals surface area contributed by atoms with Crippen molar-refractivity contribution < 1.29 is 0 Å². The van der Waals surface area contributed by atoms with Crippen molar-refractivity contribution in [3.8, 4) is 0 Å². The molecule has 2 saturated carbocycles. The Labute approximate surface area is 99.2 Å². The van der Waals surface area contributed by atoms with Crippen molar-refractivity contribution in [3.63, 3.8) is 0 Å². The largest absolute Gasteiger partial charge is 0.321 e. The van der Waals surface area contributed by atoms with E-state index in [1.807, 2.05) is 0 Å². The third-order valence-electron chi connectivity index (χ3n) is 4.29. The highest BCUT2D eigenvalue weighted by atomic mass is 79.9. The first-order valence-corrected chi connectivity index (χ1v) is 6.49. The molecule has 2 fully saturated rings. The second-order valence-corrected chi connectivity index (χ2v) is 5.95. The topological polar surface area (TPSA) is 26.0 Å². The van der Waals surface area contributed by atoms with Gasteiger partial charge in [-0.05, 0) is 54.9 Å². The molecule has 1 aromatic carbocycles. The molecule has 1 aromatic rings. The lowest BCUT2D eigenvalue weighted by Crippen LogP contribution is -2.26. The van der Waals surface area contributed by atoms with Crippen LogP contribution >= 0.6 is 15.9 Å². The van der Waals surface area contributed by atoms with E-state index in [4.69, 9.17) is 5.73 Å². The van der Waals surface area contributed by atoms with Crippen LogP contribution in [0.3, 0.4) is 0 Å². The van der Waals surface area contributed by atoms with E-state index in [0.717, 1.165) is 16.3 Å². The first kappa shape index (κ1) is 9.86. The lowest BCUT2D eigenvalue weighted by atomic mass is 9.93. The van der Waals surface area contributed by atoms with Crippen LogP contribution in [-0.4, -0.2) is 0 Å². The van der Waals surface area contributed by atoms with E-state index in [1.165, 1.54) is 30.4 Å². The summed E-state index contributed by atoms with van der Waals surface area (Å²) in [4.78, 5) is 0. The summed E-state index contributed by atoms with van der Waals surface area (Å²) in [5.41, 5.74) is 9.28. The Bertz CT molecular complexity index is 403. The molecule has 0 spiro atoms. The maximum Gasteiger partial charge on any atom is 0.0476 e. The summed E-state index contributed by atoms with van der Waals surface area (Å²) in [6.07, 6.45) is 4.04. The zero-order chi connectivity index (χ0) is 10.6. The van der Waals surface area contributed by atoms with E-state index < -0.39 is 0 Å². The van der Waals surface area contributed by atoms with E-state index >= 15 is 0 Å². The van der Waals surface area contributed by atoms with Crippen LogP contribution in [0, 0.1) is 18.8 Å². The molecule has 0 bridgehead atoms. The van der Waals surface area contributed by atoms with Gasteiger partial charge < -0.3 is 5.73 Å². The number of nitrogens with two attached hydrogens (primary N) is 1. The van der Waals surface area contributed by atoms with Crippen LogP contribution < -0.4 is 5.73 Å². The van der Waals surface area contributed by atoms with Gasteiger partial charge in [0, 0.05) is 10.0 Å². The van der Waals surface area contributed by atoms with E-state index in [-0.39, 0.29) is 5.54 Å². The summed E-state index contributed by atoms with van der Waals surface area (Å²) < 4.78 is 1.15. The van der Waals surface area contributed by atoms with Crippen molar-refractivity contribution in [2.75, 3.05) is 0 Å². The predicted molar refractivity (Wildman–Crippen MR) is 65.6 cm³/mol. The number of halogens is 1. The third-order valence-corrected chi connectivity index (χ3v) is 4.78. The van der Waals surface area contributed by atoms with Gasteiger partial charge in [-0.2, -0.15) is 0 Å². The van der Waals surface area contributed by atoms with Gasteiger partial charge in [-0.3, -0.25) is 0 Å². The summed E-state index contributed by atoms with van der Waals surface area (Å²) in [5.74, 6) is 1.52. The fourth-order valence-corrected chi connectivity index (χ4v) is 3.99. The Morgan fingerprint density at radius 1 is 1.33 bits per heavy atom. The molecule has 2 N–H and O–H groups in total. The van der Waals surface area contributed by atoms with Crippen LogP contribution in [0.4, 0.5) is 0 Å². The molecule has 80 valence electrons. The monoisotopic (exact) mass is 265 g/mol. The number of benzene rings is 1. The van der Waals surface area contributed by atoms with Gasteiger partial charge in [0.05, 0.1) is 0 Å². The van der Waals surface area contributed by atoms with Crippen molar-refractivity contribution >= 4 is 15.9 Å². The number of rotatable bonds is 1. The van der Waals surface area contributed by atoms with Crippen LogP contribution in [0.5, 0.6) is 0 Å². The van der Waals surface area contributed by atoms with E-state index in [2.05, 4.69) is 41.1 Å². The summed E-state index contributed by atoms with van der Waals surface area (Å²) >= 11 is 3.50. The fraction of sp³-hybridized carbons (Fsp3) is 0.538. The van der Waals surface area contributed by atoms with Crippen molar-refractivity contribution in [1.29, 1.82) is 0 Å². The highest BCUT2D eigenvalue weighted by Crippen LogP contribution is 2.64. The fourth-order valence-electron chi connectivity index (χ4n) is 3.51. The Kier molecular flexibility index (Phi) is 2.02. The lowest BCUT2D eigenvalue weighted by molar-refractivity contribution is 0.524. The number of fused-ring (bicyclic) bond motifs is 1. The summed E-state index contributed by atoms with van der Waals surface area (Å²) in [6, 6.07) is 6.50. The van der Waals surface area contributed by atoms with E-state index in [9.17, 15) is 0 Å². The van der Waals surface area contributed by atoms with Crippen molar-refractivity contribution in [1.82, 2.24) is 0 Å². The number of hydrogen-bond donors (Lipinski definition) is 1. The molecule has 2 aliphatic rings. The van der Waals surface area contributed by atoms with Gasteiger partial charge in [0.25, 0.3) is 0 Å². The smallest absolute Gasteiger partial charge is 0.0476 e. The van der Waals surface area contributed by atoms with Crippen LogP contribution in [0.15, 0.2) is 22.7 Å². The summed E-state index contributed by atoms with van der Waals surface area (Å²) in [6.45, 7) is 2.17. The average Bonchev–Trinajstić information content (AvgIpc) is 2.63. The molecule has 0 heterocycles. The summed E-state index contributed by atoms with van der Waals surface area (Å²) in [7, 11) is 0. The van der Waals surface area contributed by atoms with Gasteiger partial charge in [0.2, 0.25) is 0 Å².